The molecule has 0 unspecified atom stereocenters. The highest BCUT2D eigenvalue weighted by molar-refractivity contribution is 6.34. The molecule has 0 fully saturated rings. The second-order valence-corrected chi connectivity index (χ2v) is 4.57. The molecule has 0 aliphatic rings. The molecule has 0 bridgehead atoms. The number of rotatable bonds is 3. The largest absolute Gasteiger partial charge is 0.494 e. The smallest absolute Gasteiger partial charge is 0.149 e. The summed E-state index contributed by atoms with van der Waals surface area (Å²) in [5, 5.41) is 1.17. The third kappa shape index (κ3) is 2.05. The van der Waals surface area contributed by atoms with Crippen LogP contribution in [-0.4, -0.2) is 19.2 Å². The van der Waals surface area contributed by atoms with Crippen molar-refractivity contribution < 1.29 is 9.47 Å². The van der Waals surface area contributed by atoms with Crippen molar-refractivity contribution in [3.05, 3.63) is 22.3 Å². The summed E-state index contributed by atoms with van der Waals surface area (Å²) in [7, 11) is 3.13. The van der Waals surface area contributed by atoms with Gasteiger partial charge in [-0.2, -0.15) is 0 Å². The third-order valence-corrected chi connectivity index (χ3v) is 3.47. The zero-order valence-electron chi connectivity index (χ0n) is 11.3. The second kappa shape index (κ2) is 5.11. The van der Waals surface area contributed by atoms with Crippen LogP contribution in [0.4, 0.5) is 5.69 Å². The number of fused-ring (bicyclic) bond motifs is 1. The summed E-state index contributed by atoms with van der Waals surface area (Å²) in [4.78, 5) is 4.55. The number of nitrogens with one attached hydrogen (secondary N) is 1. The van der Waals surface area contributed by atoms with E-state index in [0.717, 1.165) is 22.3 Å². The van der Waals surface area contributed by atoms with Gasteiger partial charge in [0.05, 0.1) is 30.3 Å². The maximum Gasteiger partial charge on any atom is 0.149 e. The average molecular weight is 282 g/mol. The fourth-order valence-corrected chi connectivity index (χ4v) is 2.37. The molecule has 0 aliphatic heterocycles. The first-order valence-electron chi connectivity index (χ1n) is 5.73. The number of halogens is 1. The molecule has 0 saturated carbocycles. The predicted octanol–water partition coefficient (Wildman–Crippen LogP) is 2.81. The van der Waals surface area contributed by atoms with Crippen molar-refractivity contribution in [2.45, 2.75) is 13.8 Å². The number of pyridine rings is 1. The number of hydrogen-bond donors (Lipinski definition) is 2. The van der Waals surface area contributed by atoms with Gasteiger partial charge < -0.3 is 14.9 Å². The Bertz CT molecular complexity index is 644. The third-order valence-electron chi connectivity index (χ3n) is 3.19. The van der Waals surface area contributed by atoms with Crippen LogP contribution in [-0.2, 0) is 0 Å². The lowest BCUT2D eigenvalue weighted by Gasteiger charge is -2.17. The van der Waals surface area contributed by atoms with E-state index in [4.69, 9.17) is 26.9 Å². The van der Waals surface area contributed by atoms with E-state index in [-0.39, 0.29) is 0 Å². The van der Waals surface area contributed by atoms with E-state index in [1.54, 1.807) is 20.3 Å². The molecule has 1 aromatic carbocycles. The maximum absolute atomic E-state index is 6.21. The van der Waals surface area contributed by atoms with Gasteiger partial charge in [-0.3, -0.25) is 5.84 Å². The van der Waals surface area contributed by atoms with Gasteiger partial charge in [0, 0.05) is 11.8 Å². The Morgan fingerprint density at radius 3 is 2.47 bits per heavy atom. The number of hydrogen-bond acceptors (Lipinski definition) is 5. The summed E-state index contributed by atoms with van der Waals surface area (Å²) >= 11 is 6.21. The number of aryl methyl sites for hydroxylation is 1. The molecule has 102 valence electrons. The van der Waals surface area contributed by atoms with E-state index in [0.29, 0.717) is 22.0 Å². The molecular formula is C13H16ClN3O2. The molecule has 3 N–H and O–H groups in total. The quantitative estimate of drug-likeness (QED) is 0.669. The Balaban J connectivity index is 3.04. The van der Waals surface area contributed by atoms with Crippen LogP contribution in [0, 0.1) is 13.8 Å². The van der Waals surface area contributed by atoms with Gasteiger partial charge in [-0.1, -0.05) is 11.6 Å². The van der Waals surface area contributed by atoms with Crippen LogP contribution >= 0.6 is 11.6 Å². The maximum atomic E-state index is 6.21. The molecule has 19 heavy (non-hydrogen) atoms. The molecule has 0 aliphatic carbocycles. The number of aromatic nitrogens is 1. The first-order chi connectivity index (χ1) is 9.04. The fraction of sp³-hybridized carbons (Fsp3) is 0.308. The van der Waals surface area contributed by atoms with Crippen LogP contribution in [0.3, 0.4) is 0 Å². The molecule has 6 heteroatoms. The average Bonchev–Trinajstić information content (AvgIpc) is 2.40. The van der Waals surface area contributed by atoms with E-state index in [9.17, 15) is 0 Å². The first-order valence-corrected chi connectivity index (χ1v) is 6.10. The Morgan fingerprint density at radius 2 is 1.95 bits per heavy atom. The van der Waals surface area contributed by atoms with Crippen LogP contribution < -0.4 is 20.7 Å². The van der Waals surface area contributed by atoms with E-state index < -0.39 is 0 Å². The Labute approximate surface area is 116 Å². The lowest BCUT2D eigenvalue weighted by Crippen LogP contribution is -2.11. The number of nitrogen functional groups attached to an aromatic ring is 1. The number of nitrogens with zero attached hydrogens (tertiary/aromatic N) is 1. The molecule has 0 spiro atoms. The van der Waals surface area contributed by atoms with Crippen LogP contribution in [0.2, 0.25) is 5.02 Å². The topological polar surface area (TPSA) is 69.4 Å². The first kappa shape index (κ1) is 13.7. The van der Waals surface area contributed by atoms with Crippen molar-refractivity contribution in [1.29, 1.82) is 0 Å². The van der Waals surface area contributed by atoms with E-state index in [2.05, 4.69) is 10.4 Å². The van der Waals surface area contributed by atoms with Crippen LogP contribution in [0.25, 0.3) is 10.9 Å². The van der Waals surface area contributed by atoms with Crippen molar-refractivity contribution >= 4 is 28.2 Å². The molecule has 2 aromatic rings. The lowest BCUT2D eigenvalue weighted by atomic mass is 10.1. The molecule has 5 nitrogen and oxygen atoms in total. The predicted molar refractivity (Wildman–Crippen MR) is 77.1 cm³/mol. The van der Waals surface area contributed by atoms with Gasteiger partial charge in [0.1, 0.15) is 17.0 Å². The lowest BCUT2D eigenvalue weighted by molar-refractivity contribution is 0.410. The molecule has 0 atom stereocenters. The zero-order chi connectivity index (χ0) is 14.2. The minimum atomic E-state index is 0.452. The molecule has 0 saturated heterocycles. The number of benzene rings is 1. The highest BCUT2D eigenvalue weighted by Crippen LogP contribution is 2.43. The minimum Gasteiger partial charge on any atom is -0.494 e. The highest BCUT2D eigenvalue weighted by atomic mass is 35.5. The Morgan fingerprint density at radius 1 is 1.26 bits per heavy atom. The number of nitrogens with two attached hydrogens (primary N) is 1. The van der Waals surface area contributed by atoms with Crippen molar-refractivity contribution in [3.8, 4) is 11.5 Å². The van der Waals surface area contributed by atoms with Crippen molar-refractivity contribution in [3.63, 3.8) is 0 Å². The van der Waals surface area contributed by atoms with Crippen LogP contribution in [0.1, 0.15) is 11.3 Å². The zero-order valence-corrected chi connectivity index (χ0v) is 12.1. The van der Waals surface area contributed by atoms with Crippen LogP contribution in [0.5, 0.6) is 11.5 Å². The summed E-state index contributed by atoms with van der Waals surface area (Å²) in [5.74, 6) is 6.75. The van der Waals surface area contributed by atoms with Gasteiger partial charge in [-0.15, -0.1) is 0 Å². The molecule has 0 amide bonds. The van der Waals surface area contributed by atoms with E-state index in [1.165, 1.54) is 0 Å². The molecule has 0 radical (unpaired) electrons. The van der Waals surface area contributed by atoms with Crippen LogP contribution in [0.15, 0.2) is 6.07 Å². The normalized spacial score (nSPS) is 10.6. The minimum absolute atomic E-state index is 0.452. The number of methoxy groups -OCH3 is 2. The van der Waals surface area contributed by atoms with E-state index in [1.807, 2.05) is 13.8 Å². The van der Waals surface area contributed by atoms with Gasteiger partial charge in [-0.05, 0) is 19.4 Å². The fourth-order valence-electron chi connectivity index (χ4n) is 2.10. The number of ether oxygens (including phenoxy) is 2. The van der Waals surface area contributed by atoms with Crippen molar-refractivity contribution in [2.75, 3.05) is 19.6 Å². The summed E-state index contributed by atoms with van der Waals surface area (Å²) in [6.45, 7) is 3.85. The summed E-state index contributed by atoms with van der Waals surface area (Å²) in [6, 6.07) is 1.69. The Kier molecular flexibility index (Phi) is 3.68. The second-order valence-electron chi connectivity index (χ2n) is 4.16. The summed E-state index contributed by atoms with van der Waals surface area (Å²) < 4.78 is 10.7. The van der Waals surface area contributed by atoms with Gasteiger partial charge >= 0.3 is 0 Å². The monoisotopic (exact) mass is 281 g/mol. The van der Waals surface area contributed by atoms with Gasteiger partial charge in [0.25, 0.3) is 0 Å². The summed E-state index contributed by atoms with van der Waals surface area (Å²) in [6.07, 6.45) is 0. The standard InChI is InChI=1S/C13H16ClN3O2/c1-6-7(2)16-12-9(18-3)5-8(14)13(19-4)10(12)11(6)17-15/h5H,15H2,1-4H3,(H,16,17). The molecule has 1 aromatic heterocycles. The van der Waals surface area contributed by atoms with E-state index >= 15 is 0 Å². The molecule has 2 rings (SSSR count). The molecule has 1 heterocycles. The van der Waals surface area contributed by atoms with Crippen molar-refractivity contribution in [1.82, 2.24) is 4.98 Å². The summed E-state index contributed by atoms with van der Waals surface area (Å²) in [5.41, 5.74) is 5.91. The van der Waals surface area contributed by atoms with Crippen molar-refractivity contribution in [2.24, 2.45) is 5.84 Å². The molecular weight excluding hydrogens is 266 g/mol. The van der Waals surface area contributed by atoms with Gasteiger partial charge in [0.15, 0.2) is 0 Å². The Hall–Kier alpha value is -1.72. The number of hydrazine groups is 1. The SMILES string of the molecule is COc1cc(Cl)c(OC)c2c(NN)c(C)c(C)nc12. The van der Waals surface area contributed by atoms with Gasteiger partial charge in [0.2, 0.25) is 0 Å². The highest BCUT2D eigenvalue weighted by Gasteiger charge is 2.19. The number of anilines is 1. The van der Waals surface area contributed by atoms with Gasteiger partial charge in [-0.25, -0.2) is 4.98 Å².